The van der Waals surface area contributed by atoms with Gasteiger partial charge in [-0.05, 0) is 62.2 Å². The van der Waals surface area contributed by atoms with Crippen molar-refractivity contribution in [2.24, 2.45) is 0 Å². The first-order valence-electron chi connectivity index (χ1n) is 11.0. The normalized spacial score (nSPS) is 14.9. The third kappa shape index (κ3) is 4.44. The molecule has 6 nitrogen and oxygen atoms in total. The smallest absolute Gasteiger partial charge is 0.261 e. The number of benzene rings is 2. The number of rotatable bonds is 5. The number of hydrogen-bond acceptors (Lipinski definition) is 5. The molecule has 2 N–H and O–H groups in total. The van der Waals surface area contributed by atoms with Crippen molar-refractivity contribution in [1.29, 1.82) is 0 Å². The van der Waals surface area contributed by atoms with E-state index in [-0.39, 0.29) is 5.56 Å². The summed E-state index contributed by atoms with van der Waals surface area (Å²) in [5, 5.41) is 4.69. The van der Waals surface area contributed by atoms with Crippen LogP contribution in [0.2, 0.25) is 0 Å². The number of piperidine rings is 1. The molecule has 0 atom stereocenters. The molecular formula is C25H27N5O. The van der Waals surface area contributed by atoms with Gasteiger partial charge in [-0.2, -0.15) is 4.98 Å². The van der Waals surface area contributed by atoms with E-state index in [4.69, 9.17) is 0 Å². The topological polar surface area (TPSA) is 73.9 Å². The molecule has 31 heavy (non-hydrogen) atoms. The summed E-state index contributed by atoms with van der Waals surface area (Å²) < 4.78 is 0. The quantitative estimate of drug-likeness (QED) is 0.475. The van der Waals surface area contributed by atoms with E-state index in [0.29, 0.717) is 23.5 Å². The summed E-state index contributed by atoms with van der Waals surface area (Å²) >= 11 is 0. The molecule has 0 unspecified atom stereocenters. The van der Waals surface area contributed by atoms with Gasteiger partial charge in [-0.3, -0.25) is 14.7 Å². The molecule has 5 rings (SSSR count). The molecule has 0 amide bonds. The minimum absolute atomic E-state index is 0.180. The zero-order valence-corrected chi connectivity index (χ0v) is 17.8. The molecule has 1 aliphatic heterocycles. The highest BCUT2D eigenvalue weighted by Crippen LogP contribution is 2.18. The number of H-pyrrole nitrogens is 1. The summed E-state index contributed by atoms with van der Waals surface area (Å²) in [6, 6.07) is 16.5. The molecule has 4 aromatic rings. The van der Waals surface area contributed by atoms with Crippen LogP contribution < -0.4 is 10.9 Å². The number of anilines is 1. The van der Waals surface area contributed by atoms with E-state index in [1.165, 1.54) is 37.9 Å². The molecule has 1 fully saturated rings. The Bertz CT molecular complexity index is 1270. The third-order valence-electron chi connectivity index (χ3n) is 5.98. The Hall–Kier alpha value is -3.25. The Kier molecular flexibility index (Phi) is 5.38. The van der Waals surface area contributed by atoms with Crippen molar-refractivity contribution in [3.05, 3.63) is 75.6 Å². The average Bonchev–Trinajstić information content (AvgIpc) is 2.78. The number of hydrogen-bond donors (Lipinski definition) is 2. The van der Waals surface area contributed by atoms with Gasteiger partial charge < -0.3 is 5.32 Å². The second kappa shape index (κ2) is 8.47. The van der Waals surface area contributed by atoms with Crippen LogP contribution in [-0.4, -0.2) is 32.9 Å². The lowest BCUT2D eigenvalue weighted by Crippen LogP contribution is -2.29. The van der Waals surface area contributed by atoms with Gasteiger partial charge in [-0.25, -0.2) is 4.98 Å². The van der Waals surface area contributed by atoms with E-state index in [0.717, 1.165) is 28.6 Å². The average molecular weight is 414 g/mol. The van der Waals surface area contributed by atoms with E-state index in [2.05, 4.69) is 49.4 Å². The van der Waals surface area contributed by atoms with Crippen molar-refractivity contribution >= 4 is 27.9 Å². The lowest BCUT2D eigenvalue weighted by Gasteiger charge is -2.26. The molecule has 2 aromatic carbocycles. The fourth-order valence-electron chi connectivity index (χ4n) is 4.25. The molecule has 0 aliphatic carbocycles. The van der Waals surface area contributed by atoms with Crippen LogP contribution in [0.4, 0.5) is 5.95 Å². The summed E-state index contributed by atoms with van der Waals surface area (Å²) in [4.78, 5) is 27.1. The monoisotopic (exact) mass is 413 g/mol. The minimum atomic E-state index is -0.180. The molecule has 3 heterocycles. The third-order valence-corrected chi connectivity index (χ3v) is 5.98. The molecule has 0 saturated carbocycles. The largest absolute Gasteiger partial charge is 0.352 e. The number of nitrogens with one attached hydrogen (secondary N) is 2. The van der Waals surface area contributed by atoms with Crippen molar-refractivity contribution in [3.63, 3.8) is 0 Å². The first-order valence-corrected chi connectivity index (χ1v) is 11.0. The molecule has 158 valence electrons. The molecule has 2 aromatic heterocycles. The Morgan fingerprint density at radius 2 is 1.74 bits per heavy atom. The number of likely N-dealkylation sites (tertiary alicyclic amines) is 1. The fourth-order valence-corrected chi connectivity index (χ4v) is 4.25. The summed E-state index contributed by atoms with van der Waals surface area (Å²) in [6.45, 7) is 6.04. The zero-order chi connectivity index (χ0) is 21.2. The van der Waals surface area contributed by atoms with Gasteiger partial charge in [-0.1, -0.05) is 42.3 Å². The first-order chi connectivity index (χ1) is 15.1. The predicted octanol–water partition coefficient (Wildman–Crippen LogP) is 4.38. The molecule has 0 radical (unpaired) electrons. The molecule has 1 saturated heterocycles. The lowest BCUT2D eigenvalue weighted by molar-refractivity contribution is 0.221. The van der Waals surface area contributed by atoms with E-state index >= 15 is 0 Å². The second-order valence-corrected chi connectivity index (χ2v) is 8.48. The Balaban J connectivity index is 1.30. The Labute approximate surface area is 181 Å². The lowest BCUT2D eigenvalue weighted by atomic mass is 10.1. The molecular weight excluding hydrogens is 386 g/mol. The van der Waals surface area contributed by atoms with Crippen LogP contribution in [0.1, 0.15) is 36.0 Å². The minimum Gasteiger partial charge on any atom is -0.352 e. The van der Waals surface area contributed by atoms with Crippen molar-refractivity contribution in [2.75, 3.05) is 18.4 Å². The van der Waals surface area contributed by atoms with Gasteiger partial charge in [0, 0.05) is 18.5 Å². The Morgan fingerprint density at radius 3 is 2.55 bits per heavy atom. The number of aromatic nitrogens is 3. The van der Waals surface area contributed by atoms with Crippen molar-refractivity contribution < 1.29 is 0 Å². The zero-order valence-electron chi connectivity index (χ0n) is 17.8. The van der Waals surface area contributed by atoms with Crippen LogP contribution in [0, 0.1) is 6.92 Å². The van der Waals surface area contributed by atoms with Gasteiger partial charge in [0.25, 0.3) is 5.56 Å². The van der Waals surface area contributed by atoms with Crippen LogP contribution >= 0.6 is 0 Å². The fraction of sp³-hybridized carbons (Fsp3) is 0.320. The van der Waals surface area contributed by atoms with E-state index in [9.17, 15) is 4.79 Å². The van der Waals surface area contributed by atoms with Gasteiger partial charge in [0.1, 0.15) is 0 Å². The molecule has 6 heteroatoms. The van der Waals surface area contributed by atoms with Gasteiger partial charge in [0.05, 0.1) is 10.9 Å². The number of fused-ring (bicyclic) bond motifs is 2. The maximum Gasteiger partial charge on any atom is 0.261 e. The highest BCUT2D eigenvalue weighted by Gasteiger charge is 2.11. The van der Waals surface area contributed by atoms with Crippen LogP contribution in [0.25, 0.3) is 21.9 Å². The van der Waals surface area contributed by atoms with Gasteiger partial charge in [0.15, 0.2) is 5.65 Å². The molecule has 1 aliphatic rings. The van der Waals surface area contributed by atoms with E-state index in [1.807, 2.05) is 31.2 Å². The highest BCUT2D eigenvalue weighted by molar-refractivity contribution is 5.91. The van der Waals surface area contributed by atoms with Crippen molar-refractivity contribution in [2.45, 2.75) is 39.3 Å². The van der Waals surface area contributed by atoms with Crippen LogP contribution in [0.3, 0.4) is 0 Å². The maximum atomic E-state index is 12.6. The van der Waals surface area contributed by atoms with Gasteiger partial charge >= 0.3 is 0 Å². The van der Waals surface area contributed by atoms with Crippen LogP contribution in [0.15, 0.2) is 53.3 Å². The molecule has 0 bridgehead atoms. The van der Waals surface area contributed by atoms with Gasteiger partial charge in [-0.15, -0.1) is 0 Å². The maximum absolute atomic E-state index is 12.6. The van der Waals surface area contributed by atoms with Crippen molar-refractivity contribution in [3.8, 4) is 0 Å². The summed E-state index contributed by atoms with van der Waals surface area (Å²) in [7, 11) is 0. The SMILES string of the molecule is Cc1ccc2nc3nc(NCc4ccc(CN5CCCCC5)cc4)[nH]c(=O)c3cc2c1. The standard InChI is InChI=1S/C25H27N5O/c1-17-5-10-22-20(13-17)14-21-23(27-22)28-25(29-24(21)31)26-15-18-6-8-19(9-7-18)16-30-11-3-2-4-12-30/h5-10,13-14H,2-4,11-12,15-16H2,1H3,(H2,26,27,28,29,31). The van der Waals surface area contributed by atoms with Crippen LogP contribution in [-0.2, 0) is 13.1 Å². The van der Waals surface area contributed by atoms with E-state index < -0.39 is 0 Å². The number of aryl methyl sites for hydroxylation is 1. The number of nitrogens with zero attached hydrogens (tertiary/aromatic N) is 3. The van der Waals surface area contributed by atoms with Gasteiger partial charge in [0.2, 0.25) is 5.95 Å². The summed E-state index contributed by atoms with van der Waals surface area (Å²) in [5.74, 6) is 0.439. The number of aromatic amines is 1. The van der Waals surface area contributed by atoms with Crippen LogP contribution in [0.5, 0.6) is 0 Å². The number of pyridine rings is 1. The predicted molar refractivity (Wildman–Crippen MR) is 125 cm³/mol. The Morgan fingerprint density at radius 1 is 0.968 bits per heavy atom. The molecule has 0 spiro atoms. The van der Waals surface area contributed by atoms with Crippen molar-refractivity contribution in [1.82, 2.24) is 19.9 Å². The first kappa shape index (κ1) is 19.7. The summed E-state index contributed by atoms with van der Waals surface area (Å²) in [5.41, 5.74) is 4.74. The van der Waals surface area contributed by atoms with E-state index in [1.54, 1.807) is 0 Å². The highest BCUT2D eigenvalue weighted by atomic mass is 16.1. The summed E-state index contributed by atoms with van der Waals surface area (Å²) in [6.07, 6.45) is 3.98. The second-order valence-electron chi connectivity index (χ2n) is 8.48.